The summed E-state index contributed by atoms with van der Waals surface area (Å²) >= 11 is 5.28. The smallest absolute Gasteiger partial charge is 0.257 e. The van der Waals surface area contributed by atoms with Gasteiger partial charge in [-0.05, 0) is 66.2 Å². The van der Waals surface area contributed by atoms with Gasteiger partial charge in [-0.25, -0.2) is 0 Å². The van der Waals surface area contributed by atoms with Gasteiger partial charge in [-0.2, -0.15) is 0 Å². The zero-order chi connectivity index (χ0) is 24.2. The Balaban J connectivity index is 1.44. The molecule has 2 N–H and O–H groups in total. The second-order valence-electron chi connectivity index (χ2n) is 7.58. The molecule has 0 saturated carbocycles. The molecule has 0 aromatic heterocycles. The number of nitrogens with one attached hydrogen (secondary N) is 2. The maximum atomic E-state index is 12.5. The van der Waals surface area contributed by atoms with Gasteiger partial charge in [-0.15, -0.1) is 0 Å². The van der Waals surface area contributed by atoms with Crippen LogP contribution in [0.15, 0.2) is 72.8 Å². The molecule has 1 amide bonds. The molecule has 3 rings (SSSR count). The minimum absolute atomic E-state index is 0.249. The number of rotatable bonds is 11. The van der Waals surface area contributed by atoms with E-state index < -0.39 is 0 Å². The Kier molecular flexibility index (Phi) is 9.73. The van der Waals surface area contributed by atoms with E-state index in [1.54, 1.807) is 31.4 Å². The summed E-state index contributed by atoms with van der Waals surface area (Å²) in [5.74, 6) is 1.80. The summed E-state index contributed by atoms with van der Waals surface area (Å²) in [6.07, 6.45) is 1.74. The van der Waals surface area contributed by atoms with E-state index in [0.29, 0.717) is 42.6 Å². The van der Waals surface area contributed by atoms with E-state index in [-0.39, 0.29) is 11.0 Å². The van der Waals surface area contributed by atoms with E-state index in [0.717, 1.165) is 18.4 Å². The Hall–Kier alpha value is -3.58. The standard InChI is InChI=1S/C27H30N2O4S/c1-3-16-33-24-14-9-21(18-25(24)31-2)19-28-27(34)29-26(30)22-10-12-23(13-11-22)32-17-15-20-7-5-4-6-8-20/h4-14,18H,3,15-17,19H2,1-2H3,(H2,28,29,30,34). The third-order valence-electron chi connectivity index (χ3n) is 4.99. The first kappa shape index (κ1) is 25.1. The molecule has 0 saturated heterocycles. The van der Waals surface area contributed by atoms with Crippen molar-refractivity contribution in [3.8, 4) is 17.2 Å². The lowest BCUT2D eigenvalue weighted by Crippen LogP contribution is -2.38. The monoisotopic (exact) mass is 478 g/mol. The van der Waals surface area contributed by atoms with Crippen LogP contribution in [0, 0.1) is 0 Å². The number of hydrogen-bond donors (Lipinski definition) is 2. The molecule has 0 radical (unpaired) electrons. The number of thiocarbonyl (C=S) groups is 1. The Labute approximate surface area is 206 Å². The third kappa shape index (κ3) is 7.78. The molecule has 0 spiro atoms. The first-order valence-corrected chi connectivity index (χ1v) is 11.7. The van der Waals surface area contributed by atoms with Gasteiger partial charge in [0.05, 0.1) is 20.3 Å². The zero-order valence-electron chi connectivity index (χ0n) is 19.5. The van der Waals surface area contributed by atoms with Crippen molar-refractivity contribution in [1.29, 1.82) is 0 Å². The summed E-state index contributed by atoms with van der Waals surface area (Å²) in [6.45, 7) is 3.69. The van der Waals surface area contributed by atoms with Gasteiger partial charge in [0.25, 0.3) is 5.91 Å². The molecule has 0 atom stereocenters. The molecule has 0 aliphatic heterocycles. The Morgan fingerprint density at radius 1 is 0.882 bits per heavy atom. The van der Waals surface area contributed by atoms with Crippen LogP contribution >= 0.6 is 12.2 Å². The van der Waals surface area contributed by atoms with Gasteiger partial charge in [-0.3, -0.25) is 10.1 Å². The van der Waals surface area contributed by atoms with Crippen LogP contribution in [0.25, 0.3) is 0 Å². The quantitative estimate of drug-likeness (QED) is 0.382. The van der Waals surface area contributed by atoms with Crippen LogP contribution in [0.2, 0.25) is 0 Å². The van der Waals surface area contributed by atoms with Gasteiger partial charge < -0.3 is 19.5 Å². The molecule has 0 unspecified atom stereocenters. The Bertz CT molecular complexity index is 1070. The van der Waals surface area contributed by atoms with Crippen molar-refractivity contribution in [3.05, 3.63) is 89.5 Å². The fourth-order valence-corrected chi connectivity index (χ4v) is 3.35. The molecular weight excluding hydrogens is 448 g/mol. The largest absolute Gasteiger partial charge is 0.493 e. The molecule has 0 bridgehead atoms. The lowest BCUT2D eigenvalue weighted by atomic mass is 10.2. The number of amides is 1. The number of methoxy groups -OCH3 is 1. The van der Waals surface area contributed by atoms with Gasteiger partial charge in [0.15, 0.2) is 16.6 Å². The first-order valence-electron chi connectivity index (χ1n) is 11.2. The minimum Gasteiger partial charge on any atom is -0.493 e. The van der Waals surface area contributed by atoms with Crippen molar-refractivity contribution in [1.82, 2.24) is 10.6 Å². The van der Waals surface area contributed by atoms with Crippen LogP contribution in [0.5, 0.6) is 17.2 Å². The Morgan fingerprint density at radius 3 is 2.35 bits per heavy atom. The zero-order valence-corrected chi connectivity index (χ0v) is 20.3. The van der Waals surface area contributed by atoms with E-state index in [4.69, 9.17) is 26.4 Å². The van der Waals surface area contributed by atoms with E-state index in [1.165, 1.54) is 5.56 Å². The maximum Gasteiger partial charge on any atom is 0.257 e. The number of benzene rings is 3. The summed E-state index contributed by atoms with van der Waals surface area (Å²) in [7, 11) is 1.61. The lowest BCUT2D eigenvalue weighted by molar-refractivity contribution is 0.0976. The summed E-state index contributed by atoms with van der Waals surface area (Å²) in [6, 6.07) is 22.9. The summed E-state index contributed by atoms with van der Waals surface area (Å²) < 4.78 is 16.8. The molecule has 0 fully saturated rings. The van der Waals surface area contributed by atoms with Gasteiger partial charge in [0, 0.05) is 18.5 Å². The van der Waals surface area contributed by atoms with Gasteiger partial charge >= 0.3 is 0 Å². The second kappa shape index (κ2) is 13.2. The van der Waals surface area contributed by atoms with Gasteiger partial charge in [0.1, 0.15) is 5.75 Å². The SMILES string of the molecule is CCCOc1ccc(CNC(=S)NC(=O)c2ccc(OCCc3ccccc3)cc2)cc1OC. The predicted molar refractivity (Wildman–Crippen MR) is 138 cm³/mol. The van der Waals surface area contributed by atoms with E-state index in [9.17, 15) is 4.79 Å². The van der Waals surface area contributed by atoms with Crippen molar-refractivity contribution in [3.63, 3.8) is 0 Å². The fourth-order valence-electron chi connectivity index (χ4n) is 3.19. The molecule has 0 aliphatic rings. The van der Waals surface area contributed by atoms with Crippen LogP contribution in [0.3, 0.4) is 0 Å². The molecule has 7 heteroatoms. The molecule has 6 nitrogen and oxygen atoms in total. The van der Waals surface area contributed by atoms with Gasteiger partial charge in [0.2, 0.25) is 0 Å². The minimum atomic E-state index is -0.283. The van der Waals surface area contributed by atoms with E-state index >= 15 is 0 Å². The normalized spacial score (nSPS) is 10.3. The number of hydrogen-bond acceptors (Lipinski definition) is 5. The lowest BCUT2D eigenvalue weighted by Gasteiger charge is -2.13. The molecule has 0 heterocycles. The molecule has 0 aliphatic carbocycles. The number of carbonyl (C=O) groups is 1. The molecular formula is C27H30N2O4S. The van der Waals surface area contributed by atoms with Crippen molar-refractivity contribution in [2.24, 2.45) is 0 Å². The average molecular weight is 479 g/mol. The number of ether oxygens (including phenoxy) is 3. The molecule has 3 aromatic rings. The van der Waals surface area contributed by atoms with Crippen LogP contribution in [-0.2, 0) is 13.0 Å². The topological polar surface area (TPSA) is 68.8 Å². The number of carbonyl (C=O) groups excluding carboxylic acids is 1. The third-order valence-corrected chi connectivity index (χ3v) is 5.24. The highest BCUT2D eigenvalue weighted by molar-refractivity contribution is 7.80. The van der Waals surface area contributed by atoms with E-state index in [1.807, 2.05) is 36.4 Å². The highest BCUT2D eigenvalue weighted by Gasteiger charge is 2.10. The molecule has 34 heavy (non-hydrogen) atoms. The summed E-state index contributed by atoms with van der Waals surface area (Å²) in [5, 5.41) is 6.00. The van der Waals surface area contributed by atoms with Crippen LogP contribution in [0.1, 0.15) is 34.8 Å². The summed E-state index contributed by atoms with van der Waals surface area (Å²) in [4.78, 5) is 12.5. The highest BCUT2D eigenvalue weighted by Crippen LogP contribution is 2.28. The summed E-state index contributed by atoms with van der Waals surface area (Å²) in [5.41, 5.74) is 2.67. The fraction of sp³-hybridized carbons (Fsp3) is 0.259. The first-order chi connectivity index (χ1) is 16.6. The van der Waals surface area contributed by atoms with Crippen LogP contribution in [0.4, 0.5) is 0 Å². The predicted octanol–water partition coefficient (Wildman–Crippen LogP) is 4.91. The average Bonchev–Trinajstić information content (AvgIpc) is 2.87. The van der Waals surface area contributed by atoms with Crippen molar-refractivity contribution >= 4 is 23.2 Å². The van der Waals surface area contributed by atoms with E-state index in [2.05, 4.69) is 29.7 Å². The van der Waals surface area contributed by atoms with Crippen molar-refractivity contribution < 1.29 is 19.0 Å². The van der Waals surface area contributed by atoms with Crippen LogP contribution in [-0.4, -0.2) is 31.3 Å². The Morgan fingerprint density at radius 2 is 1.65 bits per heavy atom. The second-order valence-corrected chi connectivity index (χ2v) is 7.99. The van der Waals surface area contributed by atoms with Crippen molar-refractivity contribution in [2.75, 3.05) is 20.3 Å². The maximum absolute atomic E-state index is 12.5. The van der Waals surface area contributed by atoms with Crippen LogP contribution < -0.4 is 24.8 Å². The van der Waals surface area contributed by atoms with Crippen molar-refractivity contribution in [2.45, 2.75) is 26.3 Å². The van der Waals surface area contributed by atoms with Gasteiger partial charge in [-0.1, -0.05) is 43.3 Å². The highest BCUT2D eigenvalue weighted by atomic mass is 32.1. The molecule has 178 valence electrons. The molecule has 3 aromatic carbocycles.